The molecule has 0 unspecified atom stereocenters. The van der Waals surface area contributed by atoms with Crippen LogP contribution in [0.3, 0.4) is 0 Å². The summed E-state index contributed by atoms with van der Waals surface area (Å²) in [6, 6.07) is 1.49. The van der Waals surface area contributed by atoms with E-state index in [1.807, 2.05) is 41.5 Å². The highest BCUT2D eigenvalue weighted by molar-refractivity contribution is 6.00. The number of Topliss-reactive ketones (excluding diaryl/α,β-unsaturated/α-hetero) is 2. The van der Waals surface area contributed by atoms with E-state index < -0.39 is 5.41 Å². The maximum absolute atomic E-state index is 12.3. The molecule has 0 aliphatic heterocycles. The molecule has 4 heteroatoms. The molecular formula is C15H22N2O2. The Balaban J connectivity index is 3.46. The summed E-state index contributed by atoms with van der Waals surface area (Å²) >= 11 is 0. The highest BCUT2D eigenvalue weighted by atomic mass is 16.1. The minimum atomic E-state index is -0.530. The normalized spacial score (nSPS) is 12.4. The summed E-state index contributed by atoms with van der Waals surface area (Å²) in [6.45, 7) is 12.8. The molecule has 1 aromatic heterocycles. The first-order chi connectivity index (χ1) is 8.43. The van der Waals surface area contributed by atoms with Gasteiger partial charge in [0.1, 0.15) is 17.2 Å². The van der Waals surface area contributed by atoms with Crippen LogP contribution in [0.25, 0.3) is 0 Å². The first-order valence-electron chi connectivity index (χ1n) is 6.38. The fourth-order valence-electron chi connectivity index (χ4n) is 1.46. The van der Waals surface area contributed by atoms with Crippen LogP contribution in [0.1, 0.15) is 75.3 Å². The Morgan fingerprint density at radius 1 is 0.947 bits per heavy atom. The number of aromatic nitrogens is 2. The lowest BCUT2D eigenvalue weighted by Crippen LogP contribution is -2.25. The van der Waals surface area contributed by atoms with E-state index in [9.17, 15) is 9.59 Å². The van der Waals surface area contributed by atoms with Gasteiger partial charge in [-0.15, -0.1) is 0 Å². The molecule has 0 saturated heterocycles. The van der Waals surface area contributed by atoms with Crippen molar-refractivity contribution in [1.82, 2.24) is 9.97 Å². The fourth-order valence-corrected chi connectivity index (χ4v) is 1.46. The summed E-state index contributed by atoms with van der Waals surface area (Å²) in [6.07, 6.45) is 0. The van der Waals surface area contributed by atoms with Crippen LogP contribution in [0, 0.1) is 5.41 Å². The molecule has 0 N–H and O–H groups in total. The van der Waals surface area contributed by atoms with Crippen molar-refractivity contribution in [3.63, 3.8) is 0 Å². The minimum absolute atomic E-state index is 0.0806. The molecule has 0 saturated carbocycles. The number of ketones is 2. The largest absolute Gasteiger partial charge is 0.293 e. The van der Waals surface area contributed by atoms with Gasteiger partial charge in [0.05, 0.1) is 0 Å². The second-order valence-electron chi connectivity index (χ2n) is 6.85. The average Bonchev–Trinajstić information content (AvgIpc) is 2.24. The molecule has 0 aliphatic rings. The van der Waals surface area contributed by atoms with Gasteiger partial charge in [0.15, 0.2) is 11.6 Å². The van der Waals surface area contributed by atoms with Crippen molar-refractivity contribution >= 4 is 11.6 Å². The van der Waals surface area contributed by atoms with Gasteiger partial charge in [-0.2, -0.15) is 0 Å². The van der Waals surface area contributed by atoms with Gasteiger partial charge in [0.2, 0.25) is 0 Å². The van der Waals surface area contributed by atoms with Crippen LogP contribution < -0.4 is 0 Å². The van der Waals surface area contributed by atoms with Gasteiger partial charge in [-0.3, -0.25) is 9.59 Å². The van der Waals surface area contributed by atoms with Crippen LogP contribution in [-0.4, -0.2) is 21.5 Å². The lowest BCUT2D eigenvalue weighted by molar-refractivity contribution is 0.0852. The van der Waals surface area contributed by atoms with Gasteiger partial charge in [-0.25, -0.2) is 9.97 Å². The van der Waals surface area contributed by atoms with Crippen LogP contribution in [0.4, 0.5) is 0 Å². The number of hydrogen-bond acceptors (Lipinski definition) is 4. The highest BCUT2D eigenvalue weighted by Crippen LogP contribution is 2.23. The highest BCUT2D eigenvalue weighted by Gasteiger charge is 2.27. The molecule has 19 heavy (non-hydrogen) atoms. The summed E-state index contributed by atoms with van der Waals surface area (Å²) in [4.78, 5) is 32.5. The van der Waals surface area contributed by atoms with Crippen LogP contribution >= 0.6 is 0 Å². The average molecular weight is 262 g/mol. The maximum atomic E-state index is 12.3. The molecule has 4 nitrogen and oxygen atoms in total. The molecule has 1 rings (SSSR count). The topological polar surface area (TPSA) is 59.9 Å². The Labute approximate surface area is 114 Å². The van der Waals surface area contributed by atoms with Crippen molar-refractivity contribution in [3.8, 4) is 0 Å². The predicted molar refractivity (Wildman–Crippen MR) is 74.5 cm³/mol. The second kappa shape index (κ2) is 4.83. The van der Waals surface area contributed by atoms with Crippen molar-refractivity contribution < 1.29 is 9.59 Å². The lowest BCUT2D eigenvalue weighted by atomic mass is 9.88. The monoisotopic (exact) mass is 262 g/mol. The minimum Gasteiger partial charge on any atom is -0.293 e. The molecule has 0 bridgehead atoms. The van der Waals surface area contributed by atoms with Crippen molar-refractivity contribution in [2.45, 2.75) is 53.9 Å². The third kappa shape index (κ3) is 3.69. The van der Waals surface area contributed by atoms with E-state index in [1.165, 1.54) is 13.0 Å². The summed E-state index contributed by atoms with van der Waals surface area (Å²) in [5.74, 6) is 0.284. The quantitative estimate of drug-likeness (QED) is 0.768. The molecule has 0 aromatic carbocycles. The number of hydrogen-bond donors (Lipinski definition) is 0. The standard InChI is InChI=1S/C15H22N2O2/c1-9(18)10-8-11(12(19)14(2,3)4)17-13(16-10)15(5,6)7/h8H,1-7H3. The number of carbonyl (C=O) groups is 2. The number of rotatable bonds is 2. The van der Waals surface area contributed by atoms with E-state index in [0.717, 1.165) is 0 Å². The fraction of sp³-hybridized carbons (Fsp3) is 0.600. The zero-order valence-electron chi connectivity index (χ0n) is 12.8. The summed E-state index contributed by atoms with van der Waals surface area (Å²) in [7, 11) is 0. The summed E-state index contributed by atoms with van der Waals surface area (Å²) < 4.78 is 0. The van der Waals surface area contributed by atoms with E-state index in [2.05, 4.69) is 9.97 Å². The first-order valence-corrected chi connectivity index (χ1v) is 6.38. The Morgan fingerprint density at radius 2 is 1.42 bits per heavy atom. The number of carbonyl (C=O) groups excluding carboxylic acids is 2. The SMILES string of the molecule is CC(=O)c1cc(C(=O)C(C)(C)C)nc(C(C)(C)C)n1. The number of nitrogens with zero attached hydrogens (tertiary/aromatic N) is 2. The molecule has 1 aromatic rings. The van der Waals surface area contributed by atoms with E-state index in [4.69, 9.17) is 0 Å². The first kappa shape index (κ1) is 15.5. The third-order valence-corrected chi connectivity index (χ3v) is 2.67. The van der Waals surface area contributed by atoms with Gasteiger partial charge in [0, 0.05) is 17.8 Å². The summed E-state index contributed by atoms with van der Waals surface area (Å²) in [5, 5.41) is 0. The molecule has 0 aliphatic carbocycles. The van der Waals surface area contributed by atoms with Crippen LogP contribution in [-0.2, 0) is 5.41 Å². The molecule has 0 amide bonds. The molecule has 1 heterocycles. The van der Waals surface area contributed by atoms with Crippen LogP contribution in [0.5, 0.6) is 0 Å². The van der Waals surface area contributed by atoms with Crippen molar-refractivity contribution in [2.75, 3.05) is 0 Å². The Hall–Kier alpha value is -1.58. The lowest BCUT2D eigenvalue weighted by Gasteiger charge is -2.20. The molecule has 0 fully saturated rings. The van der Waals surface area contributed by atoms with Crippen LogP contribution in [0.2, 0.25) is 0 Å². The van der Waals surface area contributed by atoms with E-state index in [1.54, 1.807) is 0 Å². The summed E-state index contributed by atoms with van der Waals surface area (Å²) in [5.41, 5.74) is -0.221. The zero-order valence-corrected chi connectivity index (χ0v) is 12.8. The van der Waals surface area contributed by atoms with Crippen molar-refractivity contribution in [2.24, 2.45) is 5.41 Å². The smallest absolute Gasteiger partial charge is 0.186 e. The van der Waals surface area contributed by atoms with Crippen LogP contribution in [0.15, 0.2) is 6.07 Å². The Morgan fingerprint density at radius 3 is 1.79 bits per heavy atom. The van der Waals surface area contributed by atoms with Crippen molar-refractivity contribution in [3.05, 3.63) is 23.3 Å². The van der Waals surface area contributed by atoms with E-state index in [-0.39, 0.29) is 17.0 Å². The molecular weight excluding hydrogens is 240 g/mol. The van der Waals surface area contributed by atoms with Crippen molar-refractivity contribution in [1.29, 1.82) is 0 Å². The third-order valence-electron chi connectivity index (χ3n) is 2.67. The Bertz CT molecular complexity index is 520. The van der Waals surface area contributed by atoms with E-state index >= 15 is 0 Å². The molecule has 104 valence electrons. The van der Waals surface area contributed by atoms with Gasteiger partial charge >= 0.3 is 0 Å². The second-order valence-corrected chi connectivity index (χ2v) is 6.85. The van der Waals surface area contributed by atoms with E-state index in [0.29, 0.717) is 17.2 Å². The maximum Gasteiger partial charge on any atom is 0.186 e. The Kier molecular flexibility index (Phi) is 3.94. The van der Waals surface area contributed by atoms with Gasteiger partial charge < -0.3 is 0 Å². The molecule has 0 spiro atoms. The zero-order chi connectivity index (χ0) is 15.0. The predicted octanol–water partition coefficient (Wildman–Crippen LogP) is 3.21. The van der Waals surface area contributed by atoms with Gasteiger partial charge in [0.25, 0.3) is 0 Å². The molecule has 0 atom stereocenters. The van der Waals surface area contributed by atoms with Gasteiger partial charge in [-0.1, -0.05) is 41.5 Å². The molecule has 0 radical (unpaired) electrons. The van der Waals surface area contributed by atoms with Gasteiger partial charge in [-0.05, 0) is 6.07 Å².